The maximum Gasteiger partial charge on any atom is 0.338 e. The Bertz CT molecular complexity index is 1070. The molecule has 0 saturated carbocycles. The number of amides is 1. The lowest BCUT2D eigenvalue weighted by Gasteiger charge is -2.08. The molecule has 0 bridgehead atoms. The Morgan fingerprint density at radius 2 is 2.17 bits per heavy atom. The fourth-order valence-corrected chi connectivity index (χ4v) is 3.69. The molecule has 1 aliphatic heterocycles. The Morgan fingerprint density at radius 3 is 3.03 bits per heavy atom. The standard InChI is InChI=1S/C20H17N3O5S/c1-26-14-4-2-3-12(9-14)19-22-18(28-23-19)11-27-20(25)13-5-6-16-15(10-13)21-17(24)7-8-29-16/h2-6,9-10H,7-8,11H2,1H3,(H,21,24). The zero-order chi connectivity index (χ0) is 20.2. The van der Waals surface area contributed by atoms with Crippen molar-refractivity contribution in [1.82, 2.24) is 10.1 Å². The van der Waals surface area contributed by atoms with Gasteiger partial charge in [-0.05, 0) is 30.3 Å². The lowest BCUT2D eigenvalue weighted by molar-refractivity contribution is -0.115. The van der Waals surface area contributed by atoms with Crippen molar-refractivity contribution in [2.75, 3.05) is 18.2 Å². The largest absolute Gasteiger partial charge is 0.497 e. The molecular weight excluding hydrogens is 394 g/mol. The number of hydrogen-bond acceptors (Lipinski definition) is 8. The monoisotopic (exact) mass is 411 g/mol. The number of ether oxygens (including phenoxy) is 2. The molecule has 2 heterocycles. The molecule has 2 aromatic carbocycles. The van der Waals surface area contributed by atoms with Crippen molar-refractivity contribution in [2.45, 2.75) is 17.9 Å². The van der Waals surface area contributed by atoms with Crippen LogP contribution in [0, 0.1) is 0 Å². The molecule has 3 aromatic rings. The molecule has 148 valence electrons. The van der Waals surface area contributed by atoms with Gasteiger partial charge in [-0.1, -0.05) is 17.3 Å². The summed E-state index contributed by atoms with van der Waals surface area (Å²) in [6.07, 6.45) is 0.436. The molecule has 9 heteroatoms. The molecule has 29 heavy (non-hydrogen) atoms. The summed E-state index contributed by atoms with van der Waals surface area (Å²) in [5.41, 5.74) is 1.67. The van der Waals surface area contributed by atoms with Gasteiger partial charge in [-0.3, -0.25) is 4.79 Å². The number of carbonyl (C=O) groups is 2. The van der Waals surface area contributed by atoms with Crippen molar-refractivity contribution in [3.05, 3.63) is 53.9 Å². The third-order valence-electron chi connectivity index (χ3n) is 4.20. The first-order valence-corrected chi connectivity index (χ1v) is 9.82. The van der Waals surface area contributed by atoms with Gasteiger partial charge in [-0.25, -0.2) is 4.79 Å². The number of nitrogens with zero attached hydrogens (tertiary/aromatic N) is 2. The lowest BCUT2D eigenvalue weighted by atomic mass is 10.2. The normalized spacial score (nSPS) is 13.2. The first-order valence-electron chi connectivity index (χ1n) is 8.83. The van der Waals surface area contributed by atoms with Crippen molar-refractivity contribution in [2.24, 2.45) is 0 Å². The van der Waals surface area contributed by atoms with E-state index in [4.69, 9.17) is 14.0 Å². The molecule has 1 N–H and O–H groups in total. The SMILES string of the molecule is COc1cccc(-c2noc(COC(=O)c3ccc4c(c3)NC(=O)CCS4)n2)c1. The van der Waals surface area contributed by atoms with Crippen LogP contribution in [0.5, 0.6) is 5.75 Å². The summed E-state index contributed by atoms with van der Waals surface area (Å²) in [5.74, 6) is 1.31. The second-order valence-electron chi connectivity index (χ2n) is 6.18. The third-order valence-corrected chi connectivity index (χ3v) is 5.27. The van der Waals surface area contributed by atoms with E-state index in [1.807, 2.05) is 18.2 Å². The van der Waals surface area contributed by atoms with E-state index in [0.29, 0.717) is 35.0 Å². The first-order chi connectivity index (χ1) is 14.1. The smallest absolute Gasteiger partial charge is 0.338 e. The molecule has 0 unspecified atom stereocenters. The van der Waals surface area contributed by atoms with Crippen molar-refractivity contribution in [3.63, 3.8) is 0 Å². The van der Waals surface area contributed by atoms with E-state index in [1.165, 1.54) is 0 Å². The van der Waals surface area contributed by atoms with Gasteiger partial charge in [0.2, 0.25) is 11.7 Å². The van der Waals surface area contributed by atoms with Gasteiger partial charge in [-0.15, -0.1) is 11.8 Å². The van der Waals surface area contributed by atoms with Gasteiger partial charge in [-0.2, -0.15) is 4.98 Å². The number of hydrogen-bond donors (Lipinski definition) is 1. The number of methoxy groups -OCH3 is 1. The molecule has 4 rings (SSSR count). The maximum atomic E-state index is 12.4. The number of thioether (sulfide) groups is 1. The second-order valence-corrected chi connectivity index (χ2v) is 7.31. The van der Waals surface area contributed by atoms with E-state index in [0.717, 1.165) is 10.5 Å². The minimum atomic E-state index is -0.544. The van der Waals surface area contributed by atoms with Crippen molar-refractivity contribution >= 4 is 29.3 Å². The van der Waals surface area contributed by atoms with Crippen LogP contribution in [0.3, 0.4) is 0 Å². The Labute approximate surface area is 170 Å². The number of aromatic nitrogens is 2. The number of fused-ring (bicyclic) bond motifs is 1. The van der Waals surface area contributed by atoms with E-state index in [1.54, 1.807) is 43.1 Å². The van der Waals surface area contributed by atoms with Gasteiger partial charge >= 0.3 is 5.97 Å². The Morgan fingerprint density at radius 1 is 1.28 bits per heavy atom. The fourth-order valence-electron chi connectivity index (χ4n) is 2.75. The van der Waals surface area contributed by atoms with Gasteiger partial charge < -0.3 is 19.3 Å². The summed E-state index contributed by atoms with van der Waals surface area (Å²) in [5, 5.41) is 6.71. The summed E-state index contributed by atoms with van der Waals surface area (Å²) in [4.78, 5) is 29.3. The molecule has 0 fully saturated rings. The molecule has 0 spiro atoms. The predicted molar refractivity (Wildman–Crippen MR) is 106 cm³/mol. The average Bonchev–Trinajstić information content (AvgIpc) is 3.14. The minimum Gasteiger partial charge on any atom is -0.497 e. The van der Waals surface area contributed by atoms with Gasteiger partial charge in [0, 0.05) is 22.6 Å². The summed E-state index contributed by atoms with van der Waals surface area (Å²) in [6.45, 7) is -0.159. The summed E-state index contributed by atoms with van der Waals surface area (Å²) in [6, 6.07) is 12.3. The highest BCUT2D eigenvalue weighted by molar-refractivity contribution is 7.99. The molecule has 1 aliphatic rings. The molecule has 8 nitrogen and oxygen atoms in total. The number of carbonyl (C=O) groups excluding carboxylic acids is 2. The van der Waals surface area contributed by atoms with E-state index >= 15 is 0 Å². The summed E-state index contributed by atoms with van der Waals surface area (Å²) >= 11 is 1.57. The van der Waals surface area contributed by atoms with Gasteiger partial charge in [0.15, 0.2) is 6.61 Å². The third kappa shape index (κ3) is 4.40. The van der Waals surface area contributed by atoms with Crippen LogP contribution in [-0.4, -0.2) is 34.9 Å². The molecule has 1 amide bonds. The van der Waals surface area contributed by atoms with E-state index in [9.17, 15) is 9.59 Å². The molecule has 1 aromatic heterocycles. The highest BCUT2D eigenvalue weighted by Crippen LogP contribution is 2.31. The number of anilines is 1. The molecule has 0 aliphatic carbocycles. The van der Waals surface area contributed by atoms with E-state index < -0.39 is 5.97 Å². The van der Waals surface area contributed by atoms with Crippen LogP contribution in [0.4, 0.5) is 5.69 Å². The number of esters is 1. The van der Waals surface area contributed by atoms with Crippen LogP contribution in [0.15, 0.2) is 51.9 Å². The molecular formula is C20H17N3O5S. The average molecular weight is 411 g/mol. The van der Waals surface area contributed by atoms with E-state index in [-0.39, 0.29) is 18.4 Å². The molecule has 0 radical (unpaired) electrons. The zero-order valence-electron chi connectivity index (χ0n) is 15.5. The van der Waals surface area contributed by atoms with Gasteiger partial charge in [0.25, 0.3) is 5.89 Å². The lowest BCUT2D eigenvalue weighted by Crippen LogP contribution is -2.11. The second kappa shape index (κ2) is 8.36. The van der Waals surface area contributed by atoms with Crippen LogP contribution in [0.2, 0.25) is 0 Å². The summed E-state index contributed by atoms with van der Waals surface area (Å²) < 4.78 is 15.6. The minimum absolute atomic E-state index is 0.0716. The molecule has 0 atom stereocenters. The topological polar surface area (TPSA) is 104 Å². The first kappa shape index (κ1) is 19.0. The van der Waals surface area contributed by atoms with Gasteiger partial charge in [0.05, 0.1) is 18.4 Å². The van der Waals surface area contributed by atoms with Crippen molar-refractivity contribution in [1.29, 1.82) is 0 Å². The van der Waals surface area contributed by atoms with Crippen molar-refractivity contribution < 1.29 is 23.6 Å². The Hall–Kier alpha value is -3.33. The maximum absolute atomic E-state index is 12.4. The number of rotatable bonds is 5. The number of nitrogens with one attached hydrogen (secondary N) is 1. The van der Waals surface area contributed by atoms with Gasteiger partial charge in [0.1, 0.15) is 5.75 Å². The summed E-state index contributed by atoms with van der Waals surface area (Å²) in [7, 11) is 1.58. The van der Waals surface area contributed by atoms with E-state index in [2.05, 4.69) is 15.5 Å². The quantitative estimate of drug-likeness (QED) is 0.636. The number of benzene rings is 2. The van der Waals surface area contributed by atoms with Crippen molar-refractivity contribution in [3.8, 4) is 17.1 Å². The van der Waals surface area contributed by atoms with Crippen LogP contribution in [-0.2, 0) is 16.1 Å². The highest BCUT2D eigenvalue weighted by Gasteiger charge is 2.17. The molecule has 0 saturated heterocycles. The van der Waals surface area contributed by atoms with Crippen LogP contribution in [0.25, 0.3) is 11.4 Å². The van der Waals surface area contributed by atoms with Crippen LogP contribution >= 0.6 is 11.8 Å². The fraction of sp³-hybridized carbons (Fsp3) is 0.200. The highest BCUT2D eigenvalue weighted by atomic mass is 32.2. The van der Waals surface area contributed by atoms with Crippen LogP contribution in [0.1, 0.15) is 22.7 Å². The zero-order valence-corrected chi connectivity index (χ0v) is 16.3. The Balaban J connectivity index is 1.42. The van der Waals surface area contributed by atoms with Crippen LogP contribution < -0.4 is 10.1 Å². The Kier molecular flexibility index (Phi) is 5.48. The predicted octanol–water partition coefficient (Wildman–Crippen LogP) is 3.54.